The first-order valence-corrected chi connectivity index (χ1v) is 10.9. The Labute approximate surface area is 182 Å². The summed E-state index contributed by atoms with van der Waals surface area (Å²) in [5.41, 5.74) is 2.16. The van der Waals surface area contributed by atoms with E-state index in [0.29, 0.717) is 22.6 Å². The standard InChI is InChI=1S/C23H26Cl2N2O2/c1-26(11-16-2-3-16)23(28)19-13-27(14-19)12-17-4-6-22(7-5-17)29-15-18-8-20(24)10-21(25)9-18/h4-10,16,19H,2-3,11-15H2,1H3. The second-order valence-electron chi connectivity index (χ2n) is 8.26. The van der Waals surface area contributed by atoms with Gasteiger partial charge in [0.15, 0.2) is 0 Å². The lowest BCUT2D eigenvalue weighted by Crippen LogP contribution is -2.53. The van der Waals surface area contributed by atoms with Crippen molar-refractivity contribution in [2.45, 2.75) is 26.0 Å². The summed E-state index contributed by atoms with van der Waals surface area (Å²) in [6.45, 7) is 3.91. The van der Waals surface area contributed by atoms with Gasteiger partial charge in [0, 0.05) is 43.3 Å². The molecule has 4 nitrogen and oxygen atoms in total. The van der Waals surface area contributed by atoms with Crippen molar-refractivity contribution >= 4 is 29.1 Å². The first-order valence-electron chi connectivity index (χ1n) is 10.1. The zero-order valence-electron chi connectivity index (χ0n) is 16.6. The van der Waals surface area contributed by atoms with Gasteiger partial charge in [0.25, 0.3) is 0 Å². The molecule has 0 N–H and O–H groups in total. The van der Waals surface area contributed by atoms with Gasteiger partial charge in [-0.25, -0.2) is 0 Å². The Morgan fingerprint density at radius 3 is 2.34 bits per heavy atom. The van der Waals surface area contributed by atoms with Gasteiger partial charge in [0.2, 0.25) is 5.91 Å². The molecule has 1 aliphatic carbocycles. The van der Waals surface area contributed by atoms with Crippen LogP contribution in [0.3, 0.4) is 0 Å². The van der Waals surface area contributed by atoms with Crippen molar-refractivity contribution in [1.29, 1.82) is 0 Å². The van der Waals surface area contributed by atoms with Crippen LogP contribution in [0.25, 0.3) is 0 Å². The number of likely N-dealkylation sites (tertiary alicyclic amines) is 1. The number of carbonyl (C=O) groups is 1. The van der Waals surface area contributed by atoms with Crippen LogP contribution in [0.15, 0.2) is 42.5 Å². The van der Waals surface area contributed by atoms with Crippen molar-refractivity contribution in [2.75, 3.05) is 26.7 Å². The van der Waals surface area contributed by atoms with E-state index in [1.54, 1.807) is 6.07 Å². The molecule has 1 amide bonds. The molecule has 0 spiro atoms. The first kappa shape index (κ1) is 20.5. The van der Waals surface area contributed by atoms with Crippen molar-refractivity contribution < 1.29 is 9.53 Å². The molecular weight excluding hydrogens is 407 g/mol. The van der Waals surface area contributed by atoms with E-state index < -0.39 is 0 Å². The molecule has 0 unspecified atom stereocenters. The Morgan fingerprint density at radius 1 is 1.07 bits per heavy atom. The van der Waals surface area contributed by atoms with E-state index in [1.165, 1.54) is 18.4 Å². The van der Waals surface area contributed by atoms with Gasteiger partial charge < -0.3 is 9.64 Å². The summed E-state index contributed by atoms with van der Waals surface area (Å²) >= 11 is 12.0. The number of rotatable bonds is 8. The van der Waals surface area contributed by atoms with Crippen LogP contribution in [0.1, 0.15) is 24.0 Å². The Bertz CT molecular complexity index is 841. The first-order chi connectivity index (χ1) is 14.0. The number of hydrogen-bond acceptors (Lipinski definition) is 3. The van der Waals surface area contributed by atoms with Crippen molar-refractivity contribution in [3.05, 3.63) is 63.6 Å². The van der Waals surface area contributed by atoms with Gasteiger partial charge >= 0.3 is 0 Å². The van der Waals surface area contributed by atoms with Crippen LogP contribution < -0.4 is 4.74 Å². The Balaban J connectivity index is 1.21. The van der Waals surface area contributed by atoms with Crippen LogP contribution in [0, 0.1) is 11.8 Å². The van der Waals surface area contributed by atoms with Gasteiger partial charge in [-0.05, 0) is 60.2 Å². The topological polar surface area (TPSA) is 32.8 Å². The second kappa shape index (κ2) is 8.95. The van der Waals surface area contributed by atoms with Crippen LogP contribution in [0.2, 0.25) is 10.0 Å². The number of ether oxygens (including phenoxy) is 1. The molecule has 154 valence electrons. The van der Waals surface area contributed by atoms with Gasteiger partial charge in [0.05, 0.1) is 5.92 Å². The number of nitrogens with zero attached hydrogens (tertiary/aromatic N) is 2. The van der Waals surface area contributed by atoms with Crippen LogP contribution in [-0.4, -0.2) is 42.4 Å². The summed E-state index contributed by atoms with van der Waals surface area (Å²) in [6.07, 6.45) is 2.56. The fraction of sp³-hybridized carbons (Fsp3) is 0.435. The lowest BCUT2D eigenvalue weighted by atomic mass is 9.97. The Morgan fingerprint density at radius 2 is 1.72 bits per heavy atom. The van der Waals surface area contributed by atoms with Gasteiger partial charge in [-0.1, -0.05) is 35.3 Å². The largest absolute Gasteiger partial charge is 0.489 e. The van der Waals surface area contributed by atoms with E-state index >= 15 is 0 Å². The number of carbonyl (C=O) groups excluding carboxylic acids is 1. The van der Waals surface area contributed by atoms with Gasteiger partial charge in [-0.3, -0.25) is 9.69 Å². The summed E-state index contributed by atoms with van der Waals surface area (Å²) < 4.78 is 5.83. The second-order valence-corrected chi connectivity index (χ2v) is 9.14. The van der Waals surface area contributed by atoms with Crippen LogP contribution in [0.5, 0.6) is 5.75 Å². The van der Waals surface area contributed by atoms with Gasteiger partial charge in [-0.15, -0.1) is 0 Å². The van der Waals surface area contributed by atoms with Gasteiger partial charge in [-0.2, -0.15) is 0 Å². The highest BCUT2D eigenvalue weighted by Crippen LogP contribution is 2.30. The van der Waals surface area contributed by atoms with Crippen LogP contribution >= 0.6 is 23.2 Å². The lowest BCUT2D eigenvalue weighted by Gasteiger charge is -2.40. The van der Waals surface area contributed by atoms with E-state index in [0.717, 1.165) is 43.4 Å². The average molecular weight is 433 g/mol. The average Bonchev–Trinajstić information content (AvgIpc) is 3.46. The zero-order chi connectivity index (χ0) is 20.4. The van der Waals surface area contributed by atoms with Crippen molar-refractivity contribution in [3.8, 4) is 5.75 Å². The highest BCUT2D eigenvalue weighted by Gasteiger charge is 2.35. The lowest BCUT2D eigenvalue weighted by molar-refractivity contribution is -0.140. The minimum Gasteiger partial charge on any atom is -0.489 e. The molecule has 1 aliphatic heterocycles. The number of hydrogen-bond donors (Lipinski definition) is 0. The highest BCUT2D eigenvalue weighted by molar-refractivity contribution is 6.34. The number of amides is 1. The minimum absolute atomic E-state index is 0.158. The maximum Gasteiger partial charge on any atom is 0.228 e. The molecule has 1 heterocycles. The van der Waals surface area contributed by atoms with Crippen LogP contribution in [0.4, 0.5) is 0 Å². The van der Waals surface area contributed by atoms with E-state index in [4.69, 9.17) is 27.9 Å². The molecule has 1 saturated carbocycles. The molecular formula is C23H26Cl2N2O2. The summed E-state index contributed by atoms with van der Waals surface area (Å²) in [4.78, 5) is 16.7. The third-order valence-electron chi connectivity index (χ3n) is 5.57. The molecule has 0 bridgehead atoms. The molecule has 2 aromatic rings. The Hall–Kier alpha value is -1.75. The third kappa shape index (κ3) is 5.65. The van der Waals surface area contributed by atoms with Crippen molar-refractivity contribution in [2.24, 2.45) is 11.8 Å². The molecule has 2 aliphatic rings. The quantitative estimate of drug-likeness (QED) is 0.596. The molecule has 4 rings (SSSR count). The Kier molecular flexibility index (Phi) is 6.33. The SMILES string of the molecule is CN(CC1CC1)C(=O)C1CN(Cc2ccc(OCc3cc(Cl)cc(Cl)c3)cc2)C1. The molecule has 0 atom stereocenters. The predicted octanol–water partition coefficient (Wildman–Crippen LogP) is 4.87. The third-order valence-corrected chi connectivity index (χ3v) is 6.01. The molecule has 2 fully saturated rings. The molecule has 29 heavy (non-hydrogen) atoms. The summed E-state index contributed by atoms with van der Waals surface area (Å²) in [5.74, 6) is 2.02. The van der Waals surface area contributed by atoms with E-state index in [-0.39, 0.29) is 5.92 Å². The monoisotopic (exact) mass is 432 g/mol. The molecule has 6 heteroatoms. The smallest absolute Gasteiger partial charge is 0.228 e. The number of benzene rings is 2. The van der Waals surface area contributed by atoms with Gasteiger partial charge in [0.1, 0.15) is 12.4 Å². The maximum absolute atomic E-state index is 12.4. The summed E-state index contributed by atoms with van der Waals surface area (Å²) in [6, 6.07) is 13.5. The molecule has 0 radical (unpaired) electrons. The minimum atomic E-state index is 0.158. The molecule has 2 aromatic carbocycles. The maximum atomic E-state index is 12.4. The van der Waals surface area contributed by atoms with Crippen molar-refractivity contribution in [1.82, 2.24) is 9.80 Å². The zero-order valence-corrected chi connectivity index (χ0v) is 18.1. The van der Waals surface area contributed by atoms with Crippen molar-refractivity contribution in [3.63, 3.8) is 0 Å². The fourth-order valence-corrected chi connectivity index (χ4v) is 4.33. The summed E-state index contributed by atoms with van der Waals surface area (Å²) in [7, 11) is 1.94. The fourth-order valence-electron chi connectivity index (χ4n) is 3.75. The van der Waals surface area contributed by atoms with E-state index in [1.807, 2.05) is 36.2 Å². The molecule has 1 saturated heterocycles. The predicted molar refractivity (Wildman–Crippen MR) is 116 cm³/mol. The summed E-state index contributed by atoms with van der Waals surface area (Å²) in [5, 5.41) is 1.22. The normalized spacial score (nSPS) is 17.1. The highest BCUT2D eigenvalue weighted by atomic mass is 35.5. The molecule has 0 aromatic heterocycles. The van der Waals surface area contributed by atoms with E-state index in [9.17, 15) is 4.79 Å². The van der Waals surface area contributed by atoms with E-state index in [2.05, 4.69) is 17.0 Å². The van der Waals surface area contributed by atoms with Crippen LogP contribution in [-0.2, 0) is 17.9 Å². The number of halogens is 2.